The maximum atomic E-state index is 11.5. The predicted octanol–water partition coefficient (Wildman–Crippen LogP) is 1.31. The molecule has 19 heavy (non-hydrogen) atoms. The second-order valence-corrected chi connectivity index (χ2v) is 7.26. The van der Waals surface area contributed by atoms with Crippen molar-refractivity contribution in [1.82, 2.24) is 14.8 Å². The average molecular weight is 286 g/mol. The van der Waals surface area contributed by atoms with Crippen LogP contribution in [0.25, 0.3) is 0 Å². The van der Waals surface area contributed by atoms with Crippen molar-refractivity contribution < 1.29 is 8.42 Å². The standard InChI is InChI=1S/C12H22N4O2S/c1-9(2)8-16-11(7-10-5-3-4-6-10)14-15-12(16)19(13,17)18/h9-10H,3-8H2,1-2H3,(H2,13,17,18). The topological polar surface area (TPSA) is 90.9 Å². The van der Waals surface area contributed by atoms with Gasteiger partial charge in [0.05, 0.1) is 0 Å². The molecular weight excluding hydrogens is 264 g/mol. The van der Waals surface area contributed by atoms with Gasteiger partial charge in [-0.15, -0.1) is 10.2 Å². The first-order valence-corrected chi connectivity index (χ1v) is 8.37. The van der Waals surface area contributed by atoms with Crippen molar-refractivity contribution in [3.05, 3.63) is 5.82 Å². The fourth-order valence-electron chi connectivity index (χ4n) is 2.70. The van der Waals surface area contributed by atoms with E-state index in [0.29, 0.717) is 18.4 Å². The zero-order valence-corrected chi connectivity index (χ0v) is 12.4. The summed E-state index contributed by atoms with van der Waals surface area (Å²) in [5.41, 5.74) is 0. The second kappa shape index (κ2) is 5.58. The minimum absolute atomic E-state index is 0.103. The van der Waals surface area contributed by atoms with Crippen LogP contribution in [0.1, 0.15) is 45.4 Å². The van der Waals surface area contributed by atoms with E-state index in [1.54, 1.807) is 4.57 Å². The van der Waals surface area contributed by atoms with Gasteiger partial charge in [-0.3, -0.25) is 0 Å². The van der Waals surface area contributed by atoms with Gasteiger partial charge in [0.15, 0.2) is 0 Å². The SMILES string of the molecule is CC(C)Cn1c(CC2CCCC2)nnc1S(N)(=O)=O. The maximum absolute atomic E-state index is 11.5. The molecule has 0 radical (unpaired) electrons. The lowest BCUT2D eigenvalue weighted by Gasteiger charge is -2.13. The van der Waals surface area contributed by atoms with E-state index in [-0.39, 0.29) is 5.16 Å². The van der Waals surface area contributed by atoms with Gasteiger partial charge in [-0.2, -0.15) is 0 Å². The van der Waals surface area contributed by atoms with Crippen LogP contribution in [-0.2, 0) is 23.0 Å². The monoisotopic (exact) mass is 286 g/mol. The quantitative estimate of drug-likeness (QED) is 0.883. The zero-order valence-electron chi connectivity index (χ0n) is 11.5. The Morgan fingerprint density at radius 1 is 1.32 bits per heavy atom. The Kier molecular flexibility index (Phi) is 4.25. The lowest BCUT2D eigenvalue weighted by atomic mass is 10.0. The first-order valence-electron chi connectivity index (χ1n) is 6.83. The number of rotatable bonds is 5. The van der Waals surface area contributed by atoms with E-state index < -0.39 is 10.0 Å². The van der Waals surface area contributed by atoms with Gasteiger partial charge in [-0.05, 0) is 11.8 Å². The molecule has 0 spiro atoms. The summed E-state index contributed by atoms with van der Waals surface area (Å²) >= 11 is 0. The minimum atomic E-state index is -3.80. The van der Waals surface area contributed by atoms with Gasteiger partial charge in [-0.25, -0.2) is 13.6 Å². The molecule has 0 atom stereocenters. The van der Waals surface area contributed by atoms with Crippen molar-refractivity contribution in [3.63, 3.8) is 0 Å². The van der Waals surface area contributed by atoms with Gasteiger partial charge in [0, 0.05) is 13.0 Å². The summed E-state index contributed by atoms with van der Waals surface area (Å²) in [4.78, 5) is 0. The van der Waals surface area contributed by atoms with Crippen LogP contribution in [0.3, 0.4) is 0 Å². The smallest absolute Gasteiger partial charge is 0.273 e. The number of nitrogens with two attached hydrogens (primary N) is 1. The van der Waals surface area contributed by atoms with Crippen molar-refractivity contribution in [2.75, 3.05) is 0 Å². The van der Waals surface area contributed by atoms with Gasteiger partial charge >= 0.3 is 0 Å². The Bertz CT molecular complexity index is 530. The van der Waals surface area contributed by atoms with Gasteiger partial charge in [0.2, 0.25) is 0 Å². The molecule has 6 nitrogen and oxygen atoms in total. The van der Waals surface area contributed by atoms with Gasteiger partial charge < -0.3 is 4.57 Å². The highest BCUT2D eigenvalue weighted by Gasteiger charge is 2.24. The van der Waals surface area contributed by atoms with Crippen LogP contribution in [0.15, 0.2) is 5.16 Å². The molecule has 1 aliphatic rings. The Balaban J connectivity index is 2.29. The first-order chi connectivity index (χ1) is 8.88. The summed E-state index contributed by atoms with van der Waals surface area (Å²) < 4.78 is 24.8. The van der Waals surface area contributed by atoms with Crippen LogP contribution in [0.4, 0.5) is 0 Å². The molecular formula is C12H22N4O2S. The zero-order chi connectivity index (χ0) is 14.0. The lowest BCUT2D eigenvalue weighted by Crippen LogP contribution is -2.21. The molecule has 1 heterocycles. The van der Waals surface area contributed by atoms with E-state index in [2.05, 4.69) is 10.2 Å². The highest BCUT2D eigenvalue weighted by molar-refractivity contribution is 7.89. The number of sulfonamides is 1. The van der Waals surface area contributed by atoms with Crippen LogP contribution >= 0.6 is 0 Å². The summed E-state index contributed by atoms with van der Waals surface area (Å²) in [5.74, 6) is 1.67. The summed E-state index contributed by atoms with van der Waals surface area (Å²) in [6.07, 6.45) is 5.70. The summed E-state index contributed by atoms with van der Waals surface area (Å²) in [5, 5.41) is 12.9. The van der Waals surface area contributed by atoms with Crippen molar-refractivity contribution in [2.24, 2.45) is 17.0 Å². The van der Waals surface area contributed by atoms with Crippen molar-refractivity contribution in [2.45, 2.75) is 57.7 Å². The van der Waals surface area contributed by atoms with Crippen LogP contribution in [0, 0.1) is 11.8 Å². The number of primary sulfonamides is 1. The van der Waals surface area contributed by atoms with Crippen LogP contribution in [0.5, 0.6) is 0 Å². The molecule has 0 saturated heterocycles. The molecule has 1 aromatic heterocycles. The maximum Gasteiger partial charge on any atom is 0.273 e. The normalized spacial score (nSPS) is 17.5. The third-order valence-electron chi connectivity index (χ3n) is 3.54. The van der Waals surface area contributed by atoms with Crippen molar-refractivity contribution in [1.29, 1.82) is 0 Å². The average Bonchev–Trinajstić information content (AvgIpc) is 2.88. The fraction of sp³-hybridized carbons (Fsp3) is 0.833. The second-order valence-electron chi connectivity index (χ2n) is 5.80. The molecule has 0 unspecified atom stereocenters. The van der Waals surface area contributed by atoms with E-state index in [1.807, 2.05) is 13.8 Å². The molecule has 2 rings (SSSR count). The minimum Gasteiger partial charge on any atom is -0.300 e. The molecule has 0 amide bonds. The van der Waals surface area contributed by atoms with Crippen molar-refractivity contribution in [3.8, 4) is 0 Å². The van der Waals surface area contributed by atoms with E-state index in [4.69, 9.17) is 5.14 Å². The predicted molar refractivity (Wildman–Crippen MR) is 71.9 cm³/mol. The first kappa shape index (κ1) is 14.5. The van der Waals surface area contributed by atoms with Crippen LogP contribution < -0.4 is 5.14 Å². The van der Waals surface area contributed by atoms with Gasteiger partial charge in [-0.1, -0.05) is 39.5 Å². The molecule has 7 heteroatoms. The van der Waals surface area contributed by atoms with Crippen molar-refractivity contribution >= 4 is 10.0 Å². The lowest BCUT2D eigenvalue weighted by molar-refractivity contribution is 0.446. The number of nitrogens with zero attached hydrogens (tertiary/aromatic N) is 3. The van der Waals surface area contributed by atoms with Gasteiger partial charge in [0.25, 0.3) is 15.2 Å². The van der Waals surface area contributed by atoms with Crippen LogP contribution in [-0.4, -0.2) is 23.2 Å². The summed E-state index contributed by atoms with van der Waals surface area (Å²) in [6, 6.07) is 0. The Morgan fingerprint density at radius 3 is 2.47 bits per heavy atom. The van der Waals surface area contributed by atoms with Crippen LogP contribution in [0.2, 0.25) is 0 Å². The third kappa shape index (κ3) is 3.54. The molecule has 0 aliphatic heterocycles. The van der Waals surface area contributed by atoms with E-state index >= 15 is 0 Å². The summed E-state index contributed by atoms with van der Waals surface area (Å²) in [6.45, 7) is 4.65. The Labute approximate surface area is 114 Å². The molecule has 1 fully saturated rings. The Hall–Kier alpha value is -0.950. The van der Waals surface area contributed by atoms with E-state index in [1.165, 1.54) is 25.7 Å². The molecule has 0 bridgehead atoms. The largest absolute Gasteiger partial charge is 0.300 e. The highest BCUT2D eigenvalue weighted by atomic mass is 32.2. The van der Waals surface area contributed by atoms with E-state index in [9.17, 15) is 8.42 Å². The number of aromatic nitrogens is 3. The van der Waals surface area contributed by atoms with E-state index in [0.717, 1.165) is 12.2 Å². The molecule has 1 aliphatic carbocycles. The third-order valence-corrected chi connectivity index (χ3v) is 4.35. The molecule has 0 aromatic carbocycles. The molecule has 1 aromatic rings. The summed E-state index contributed by atoms with van der Waals surface area (Å²) in [7, 11) is -3.80. The molecule has 108 valence electrons. The molecule has 1 saturated carbocycles. The number of hydrogen-bond donors (Lipinski definition) is 1. The Morgan fingerprint density at radius 2 is 1.95 bits per heavy atom. The fourth-order valence-corrected chi connectivity index (χ4v) is 3.34. The van der Waals surface area contributed by atoms with Gasteiger partial charge in [0.1, 0.15) is 5.82 Å². The number of hydrogen-bond acceptors (Lipinski definition) is 4. The highest BCUT2D eigenvalue weighted by Crippen LogP contribution is 2.28. The molecule has 2 N–H and O–H groups in total.